The van der Waals surface area contributed by atoms with Gasteiger partial charge in [0.2, 0.25) is 5.65 Å². The van der Waals surface area contributed by atoms with Crippen LogP contribution < -0.4 is 5.69 Å². The Morgan fingerprint density at radius 3 is 2.52 bits per heavy atom. The minimum Gasteiger partial charge on any atom is -0.278 e. The summed E-state index contributed by atoms with van der Waals surface area (Å²) < 4.78 is 3.10. The molecule has 0 fully saturated rings. The van der Waals surface area contributed by atoms with Gasteiger partial charge in [0.25, 0.3) is 0 Å². The normalized spacial score (nSPS) is 11.2. The fourth-order valence-electron chi connectivity index (χ4n) is 2.22. The molecular formula is C14H14ClN5O. The number of imidazole rings is 1. The summed E-state index contributed by atoms with van der Waals surface area (Å²) in [5.41, 5.74) is 1.74. The van der Waals surface area contributed by atoms with Gasteiger partial charge in [0.1, 0.15) is 0 Å². The Kier molecular flexibility index (Phi) is 3.47. The maximum Gasteiger partial charge on any atom is 0.331 e. The van der Waals surface area contributed by atoms with E-state index in [9.17, 15) is 4.79 Å². The standard InChI is InChI=1S/C14H14ClN5O/c1-3-8-20-13-12(19(2)14(20)21)16-11(17-18-13)9-4-6-10(15)7-5-9/h4-7H,3,8H2,1-2H3. The predicted octanol–water partition coefficient (Wildman–Crippen LogP) is 2.26. The van der Waals surface area contributed by atoms with E-state index in [1.165, 1.54) is 4.57 Å². The van der Waals surface area contributed by atoms with Crippen molar-refractivity contribution in [3.8, 4) is 11.4 Å². The van der Waals surface area contributed by atoms with Gasteiger partial charge in [-0.2, -0.15) is 0 Å². The fraction of sp³-hybridized carbons (Fsp3) is 0.286. The lowest BCUT2D eigenvalue weighted by molar-refractivity contribution is 0.646. The van der Waals surface area contributed by atoms with Crippen LogP contribution in [-0.2, 0) is 13.6 Å². The van der Waals surface area contributed by atoms with E-state index in [-0.39, 0.29) is 5.69 Å². The molecular weight excluding hydrogens is 290 g/mol. The maximum absolute atomic E-state index is 12.2. The number of hydrogen-bond donors (Lipinski definition) is 0. The van der Waals surface area contributed by atoms with Crippen LogP contribution in [0, 0.1) is 0 Å². The zero-order valence-corrected chi connectivity index (χ0v) is 12.5. The number of aryl methyl sites for hydroxylation is 2. The molecule has 2 heterocycles. The minimum atomic E-state index is -0.123. The minimum absolute atomic E-state index is 0.123. The zero-order chi connectivity index (χ0) is 15.0. The summed E-state index contributed by atoms with van der Waals surface area (Å²) in [6, 6.07) is 7.19. The zero-order valence-electron chi connectivity index (χ0n) is 11.7. The largest absolute Gasteiger partial charge is 0.331 e. The molecule has 0 aliphatic rings. The SMILES string of the molecule is CCCn1c(=O)n(C)c2nc(-c3ccc(Cl)cc3)nnc21. The van der Waals surface area contributed by atoms with Crippen LogP contribution in [0.5, 0.6) is 0 Å². The summed E-state index contributed by atoms with van der Waals surface area (Å²) in [4.78, 5) is 16.6. The van der Waals surface area contributed by atoms with E-state index in [0.717, 1.165) is 12.0 Å². The molecule has 3 rings (SSSR count). The lowest BCUT2D eigenvalue weighted by atomic mass is 10.2. The smallest absolute Gasteiger partial charge is 0.278 e. The van der Waals surface area contributed by atoms with Gasteiger partial charge >= 0.3 is 5.69 Å². The number of aromatic nitrogens is 5. The molecule has 0 atom stereocenters. The average Bonchev–Trinajstić information content (AvgIpc) is 2.73. The molecule has 0 aliphatic heterocycles. The Balaban J connectivity index is 2.19. The monoisotopic (exact) mass is 303 g/mol. The summed E-state index contributed by atoms with van der Waals surface area (Å²) >= 11 is 5.87. The average molecular weight is 304 g/mol. The van der Waals surface area contributed by atoms with Gasteiger partial charge in [-0.3, -0.25) is 9.13 Å². The third kappa shape index (κ3) is 2.31. The molecule has 21 heavy (non-hydrogen) atoms. The van der Waals surface area contributed by atoms with E-state index < -0.39 is 0 Å². The Morgan fingerprint density at radius 2 is 1.86 bits per heavy atom. The van der Waals surface area contributed by atoms with Gasteiger partial charge in [-0.15, -0.1) is 10.2 Å². The summed E-state index contributed by atoms with van der Waals surface area (Å²) in [7, 11) is 1.69. The first-order valence-electron chi connectivity index (χ1n) is 6.67. The van der Waals surface area contributed by atoms with Gasteiger partial charge in [-0.25, -0.2) is 9.78 Å². The molecule has 6 nitrogen and oxygen atoms in total. The molecule has 108 valence electrons. The van der Waals surface area contributed by atoms with Crippen LogP contribution in [0.25, 0.3) is 22.7 Å². The Bertz CT molecular complexity index is 850. The maximum atomic E-state index is 12.2. The first-order valence-corrected chi connectivity index (χ1v) is 7.05. The highest BCUT2D eigenvalue weighted by Gasteiger charge is 2.15. The van der Waals surface area contributed by atoms with E-state index in [1.54, 1.807) is 23.7 Å². The van der Waals surface area contributed by atoms with Gasteiger partial charge in [0.05, 0.1) is 0 Å². The highest BCUT2D eigenvalue weighted by atomic mass is 35.5. The van der Waals surface area contributed by atoms with Crippen molar-refractivity contribution in [3.05, 3.63) is 39.8 Å². The van der Waals surface area contributed by atoms with Crippen molar-refractivity contribution in [1.82, 2.24) is 24.3 Å². The summed E-state index contributed by atoms with van der Waals surface area (Å²) in [5, 5.41) is 8.95. The van der Waals surface area contributed by atoms with Crippen LogP contribution in [0.1, 0.15) is 13.3 Å². The van der Waals surface area contributed by atoms with E-state index in [1.807, 2.05) is 19.1 Å². The van der Waals surface area contributed by atoms with Gasteiger partial charge in [0.15, 0.2) is 11.5 Å². The van der Waals surface area contributed by atoms with Crippen molar-refractivity contribution >= 4 is 22.9 Å². The van der Waals surface area contributed by atoms with Crippen molar-refractivity contribution in [3.63, 3.8) is 0 Å². The van der Waals surface area contributed by atoms with E-state index in [4.69, 9.17) is 11.6 Å². The number of hydrogen-bond acceptors (Lipinski definition) is 4. The Labute approximate surface area is 126 Å². The van der Waals surface area contributed by atoms with E-state index in [0.29, 0.717) is 28.7 Å². The predicted molar refractivity (Wildman–Crippen MR) is 81.3 cm³/mol. The first kappa shape index (κ1) is 13.8. The van der Waals surface area contributed by atoms with E-state index >= 15 is 0 Å². The number of nitrogens with zero attached hydrogens (tertiary/aromatic N) is 5. The molecule has 3 aromatic rings. The van der Waals surface area contributed by atoms with Crippen LogP contribution in [-0.4, -0.2) is 24.3 Å². The lowest BCUT2D eigenvalue weighted by Crippen LogP contribution is -2.22. The quantitative estimate of drug-likeness (QED) is 0.744. The molecule has 0 N–H and O–H groups in total. The van der Waals surface area contributed by atoms with Crippen molar-refractivity contribution in [2.24, 2.45) is 7.05 Å². The molecule has 1 aromatic carbocycles. The van der Waals surface area contributed by atoms with E-state index in [2.05, 4.69) is 15.2 Å². The number of halogens is 1. The van der Waals surface area contributed by atoms with Crippen LogP contribution in [0.15, 0.2) is 29.1 Å². The second kappa shape index (κ2) is 5.29. The van der Waals surface area contributed by atoms with Gasteiger partial charge in [-0.1, -0.05) is 18.5 Å². The van der Waals surface area contributed by atoms with Crippen molar-refractivity contribution in [1.29, 1.82) is 0 Å². The third-order valence-electron chi connectivity index (χ3n) is 3.29. The van der Waals surface area contributed by atoms with Gasteiger partial charge in [0, 0.05) is 24.2 Å². The molecule has 0 unspecified atom stereocenters. The molecule has 0 amide bonds. The molecule has 0 radical (unpaired) electrons. The second-order valence-corrected chi connectivity index (χ2v) is 5.22. The molecule has 0 spiro atoms. The molecule has 0 saturated heterocycles. The Morgan fingerprint density at radius 1 is 1.14 bits per heavy atom. The number of benzene rings is 1. The second-order valence-electron chi connectivity index (χ2n) is 4.78. The lowest BCUT2D eigenvalue weighted by Gasteiger charge is -2.01. The summed E-state index contributed by atoms with van der Waals surface area (Å²) in [5.74, 6) is 0.475. The summed E-state index contributed by atoms with van der Waals surface area (Å²) in [6.45, 7) is 2.61. The third-order valence-corrected chi connectivity index (χ3v) is 3.54. The highest BCUT2D eigenvalue weighted by molar-refractivity contribution is 6.30. The van der Waals surface area contributed by atoms with Crippen molar-refractivity contribution in [2.75, 3.05) is 0 Å². The molecule has 7 heteroatoms. The highest BCUT2D eigenvalue weighted by Crippen LogP contribution is 2.19. The van der Waals surface area contributed by atoms with Crippen LogP contribution in [0.2, 0.25) is 5.02 Å². The Hall–Kier alpha value is -2.21. The topological polar surface area (TPSA) is 65.6 Å². The number of rotatable bonds is 3. The van der Waals surface area contributed by atoms with Crippen molar-refractivity contribution in [2.45, 2.75) is 19.9 Å². The summed E-state index contributed by atoms with van der Waals surface area (Å²) in [6.07, 6.45) is 0.847. The van der Waals surface area contributed by atoms with Crippen molar-refractivity contribution < 1.29 is 0 Å². The van der Waals surface area contributed by atoms with Crippen LogP contribution >= 0.6 is 11.6 Å². The van der Waals surface area contributed by atoms with Gasteiger partial charge in [-0.05, 0) is 30.7 Å². The first-order chi connectivity index (χ1) is 10.1. The molecule has 2 aromatic heterocycles. The van der Waals surface area contributed by atoms with Gasteiger partial charge < -0.3 is 0 Å². The van der Waals surface area contributed by atoms with Crippen LogP contribution in [0.3, 0.4) is 0 Å². The molecule has 0 aliphatic carbocycles. The number of fused-ring (bicyclic) bond motifs is 1. The molecule has 0 saturated carbocycles. The van der Waals surface area contributed by atoms with Crippen LogP contribution in [0.4, 0.5) is 0 Å². The fourth-order valence-corrected chi connectivity index (χ4v) is 2.35. The molecule has 0 bridgehead atoms.